The zero-order chi connectivity index (χ0) is 13.3. The normalized spacial score (nSPS) is 17.1. The van der Waals surface area contributed by atoms with Gasteiger partial charge < -0.3 is 5.32 Å². The molecule has 4 nitrogen and oxygen atoms in total. The molecule has 0 spiro atoms. The van der Waals surface area contributed by atoms with Crippen molar-refractivity contribution in [2.24, 2.45) is 5.41 Å². The molecule has 0 aliphatic heterocycles. The Bertz CT molecular complexity index is 487. The largest absolute Gasteiger partial charge is 0.376 e. The Balaban J connectivity index is 2.24. The standard InChI is InChI=1S/C12H14F2N2O2/c1-12(5-2-6-12)7-15-11-9(16(17)18)4-3-8(13)10(11)14/h3-4,15H,2,5-7H2,1H3. The highest BCUT2D eigenvalue weighted by molar-refractivity contribution is 5.62. The molecule has 1 saturated carbocycles. The van der Waals surface area contributed by atoms with Crippen LogP contribution in [0.4, 0.5) is 20.2 Å². The first-order valence-electron chi connectivity index (χ1n) is 5.79. The summed E-state index contributed by atoms with van der Waals surface area (Å²) in [5.74, 6) is -2.27. The zero-order valence-corrected chi connectivity index (χ0v) is 10.0. The maximum Gasteiger partial charge on any atom is 0.295 e. The highest BCUT2D eigenvalue weighted by atomic mass is 19.2. The number of nitro benzene ring substituents is 1. The van der Waals surface area contributed by atoms with Gasteiger partial charge in [-0.25, -0.2) is 8.78 Å². The molecule has 98 valence electrons. The minimum atomic E-state index is -1.19. The molecule has 1 N–H and O–H groups in total. The lowest BCUT2D eigenvalue weighted by Gasteiger charge is -2.38. The van der Waals surface area contributed by atoms with E-state index in [0.29, 0.717) is 6.54 Å². The third-order valence-electron chi connectivity index (χ3n) is 3.52. The van der Waals surface area contributed by atoms with Gasteiger partial charge in [0.15, 0.2) is 17.3 Å². The van der Waals surface area contributed by atoms with Crippen LogP contribution in [0, 0.1) is 27.2 Å². The molecule has 1 aliphatic rings. The lowest BCUT2D eigenvalue weighted by Crippen LogP contribution is -2.33. The second kappa shape index (κ2) is 4.51. The summed E-state index contributed by atoms with van der Waals surface area (Å²) in [5, 5.41) is 13.5. The van der Waals surface area contributed by atoms with Crippen LogP contribution in [0.5, 0.6) is 0 Å². The maximum atomic E-state index is 13.6. The monoisotopic (exact) mass is 256 g/mol. The fourth-order valence-electron chi connectivity index (χ4n) is 2.12. The van der Waals surface area contributed by atoms with Crippen molar-refractivity contribution in [1.29, 1.82) is 0 Å². The molecule has 0 saturated heterocycles. The van der Waals surface area contributed by atoms with Crippen LogP contribution in [-0.2, 0) is 0 Å². The van der Waals surface area contributed by atoms with Gasteiger partial charge in [-0.05, 0) is 24.3 Å². The topological polar surface area (TPSA) is 55.2 Å². The summed E-state index contributed by atoms with van der Waals surface area (Å²) in [6, 6.07) is 1.74. The average molecular weight is 256 g/mol. The molecular formula is C12H14F2N2O2. The fraction of sp³-hybridized carbons (Fsp3) is 0.500. The fourth-order valence-corrected chi connectivity index (χ4v) is 2.12. The number of nitro groups is 1. The van der Waals surface area contributed by atoms with Gasteiger partial charge in [0.2, 0.25) is 0 Å². The number of hydrogen-bond donors (Lipinski definition) is 1. The van der Waals surface area contributed by atoms with Crippen LogP contribution < -0.4 is 5.32 Å². The molecule has 0 radical (unpaired) electrons. The summed E-state index contributed by atoms with van der Waals surface area (Å²) in [5.41, 5.74) is -0.767. The van der Waals surface area contributed by atoms with Gasteiger partial charge in [0.05, 0.1) is 4.92 Å². The molecule has 1 fully saturated rings. The molecule has 0 aromatic heterocycles. The molecule has 1 aliphatic carbocycles. The first-order chi connectivity index (χ1) is 8.43. The number of benzene rings is 1. The van der Waals surface area contributed by atoms with Gasteiger partial charge >= 0.3 is 0 Å². The smallest absolute Gasteiger partial charge is 0.295 e. The van der Waals surface area contributed by atoms with E-state index in [1.807, 2.05) is 6.92 Å². The lowest BCUT2D eigenvalue weighted by atomic mass is 9.70. The average Bonchev–Trinajstić information content (AvgIpc) is 2.28. The van der Waals surface area contributed by atoms with Gasteiger partial charge in [-0.2, -0.15) is 0 Å². The highest BCUT2D eigenvalue weighted by Crippen LogP contribution is 2.41. The summed E-state index contributed by atoms with van der Waals surface area (Å²) >= 11 is 0. The number of hydrogen-bond acceptors (Lipinski definition) is 3. The molecule has 1 aromatic carbocycles. The molecule has 0 unspecified atom stereocenters. The van der Waals surface area contributed by atoms with Crippen LogP contribution in [-0.4, -0.2) is 11.5 Å². The predicted octanol–water partition coefficient (Wildman–Crippen LogP) is 3.48. The number of nitrogens with one attached hydrogen (secondary N) is 1. The Morgan fingerprint density at radius 1 is 1.44 bits per heavy atom. The molecule has 0 heterocycles. The minimum Gasteiger partial charge on any atom is -0.376 e. The Morgan fingerprint density at radius 3 is 2.61 bits per heavy atom. The van der Waals surface area contributed by atoms with Crippen LogP contribution in [0.2, 0.25) is 0 Å². The molecule has 1 aromatic rings. The number of rotatable bonds is 4. The van der Waals surface area contributed by atoms with E-state index in [2.05, 4.69) is 5.32 Å². The Kier molecular flexibility index (Phi) is 3.19. The predicted molar refractivity (Wildman–Crippen MR) is 63.5 cm³/mol. The Morgan fingerprint density at radius 2 is 2.11 bits per heavy atom. The summed E-state index contributed by atoms with van der Waals surface area (Å²) in [6.45, 7) is 2.43. The molecule has 18 heavy (non-hydrogen) atoms. The van der Waals surface area contributed by atoms with E-state index < -0.39 is 22.2 Å². The minimum absolute atomic E-state index is 0.0205. The van der Waals surface area contributed by atoms with Gasteiger partial charge in [-0.15, -0.1) is 0 Å². The molecular weight excluding hydrogens is 242 g/mol. The first-order valence-corrected chi connectivity index (χ1v) is 5.79. The highest BCUT2D eigenvalue weighted by Gasteiger charge is 2.32. The zero-order valence-electron chi connectivity index (χ0n) is 10.0. The van der Waals surface area contributed by atoms with E-state index in [0.717, 1.165) is 31.4 Å². The number of halogens is 2. The lowest BCUT2D eigenvalue weighted by molar-refractivity contribution is -0.384. The van der Waals surface area contributed by atoms with Crippen LogP contribution in [0.15, 0.2) is 12.1 Å². The van der Waals surface area contributed by atoms with Crippen molar-refractivity contribution in [3.05, 3.63) is 33.9 Å². The second-order valence-electron chi connectivity index (χ2n) is 5.03. The molecule has 6 heteroatoms. The van der Waals surface area contributed by atoms with Crippen molar-refractivity contribution in [3.63, 3.8) is 0 Å². The summed E-state index contributed by atoms with van der Waals surface area (Å²) < 4.78 is 26.7. The van der Waals surface area contributed by atoms with Gasteiger partial charge in [-0.3, -0.25) is 10.1 Å². The van der Waals surface area contributed by atoms with E-state index in [1.54, 1.807) is 0 Å². The van der Waals surface area contributed by atoms with Crippen molar-refractivity contribution in [3.8, 4) is 0 Å². The van der Waals surface area contributed by atoms with Gasteiger partial charge in [0.1, 0.15) is 0 Å². The maximum absolute atomic E-state index is 13.6. The summed E-state index contributed by atoms with van der Waals surface area (Å²) in [4.78, 5) is 10.1. The Hall–Kier alpha value is -1.72. The third kappa shape index (κ3) is 2.27. The molecule has 0 amide bonds. The summed E-state index contributed by atoms with van der Waals surface area (Å²) in [7, 11) is 0. The quantitative estimate of drug-likeness (QED) is 0.662. The van der Waals surface area contributed by atoms with Crippen molar-refractivity contribution in [1.82, 2.24) is 0 Å². The molecule has 0 bridgehead atoms. The van der Waals surface area contributed by atoms with Crippen molar-refractivity contribution in [2.75, 3.05) is 11.9 Å². The van der Waals surface area contributed by atoms with Crippen molar-refractivity contribution < 1.29 is 13.7 Å². The van der Waals surface area contributed by atoms with E-state index in [1.165, 1.54) is 0 Å². The second-order valence-corrected chi connectivity index (χ2v) is 5.03. The Labute approximate surface area is 103 Å². The molecule has 0 atom stereocenters. The van der Waals surface area contributed by atoms with Crippen molar-refractivity contribution in [2.45, 2.75) is 26.2 Å². The van der Waals surface area contributed by atoms with Gasteiger partial charge in [0, 0.05) is 12.6 Å². The first kappa shape index (κ1) is 12.7. The van der Waals surface area contributed by atoms with Crippen LogP contribution in [0.1, 0.15) is 26.2 Å². The van der Waals surface area contributed by atoms with E-state index in [4.69, 9.17) is 0 Å². The van der Waals surface area contributed by atoms with Crippen LogP contribution >= 0.6 is 0 Å². The van der Waals surface area contributed by atoms with Gasteiger partial charge in [0.25, 0.3) is 5.69 Å². The van der Waals surface area contributed by atoms with Crippen LogP contribution in [0.3, 0.4) is 0 Å². The van der Waals surface area contributed by atoms with E-state index in [-0.39, 0.29) is 11.1 Å². The molecule has 2 rings (SSSR count). The SMILES string of the molecule is CC1(CNc2c([N+](=O)[O-])ccc(F)c2F)CCC1. The van der Waals surface area contributed by atoms with Gasteiger partial charge in [-0.1, -0.05) is 13.3 Å². The van der Waals surface area contributed by atoms with Crippen molar-refractivity contribution >= 4 is 11.4 Å². The van der Waals surface area contributed by atoms with E-state index >= 15 is 0 Å². The van der Waals surface area contributed by atoms with E-state index in [9.17, 15) is 18.9 Å². The third-order valence-corrected chi connectivity index (χ3v) is 3.52. The number of nitrogens with zero attached hydrogens (tertiary/aromatic N) is 1. The number of anilines is 1. The van der Waals surface area contributed by atoms with Crippen LogP contribution in [0.25, 0.3) is 0 Å². The summed E-state index contributed by atoms with van der Waals surface area (Å²) in [6.07, 6.45) is 3.08.